The van der Waals surface area contributed by atoms with Crippen molar-refractivity contribution in [2.24, 2.45) is 5.92 Å². The van der Waals surface area contributed by atoms with E-state index in [4.69, 9.17) is 19.5 Å². The van der Waals surface area contributed by atoms with Crippen LogP contribution in [0, 0.1) is 5.92 Å². The van der Waals surface area contributed by atoms with E-state index in [1.165, 1.54) is 0 Å². The largest absolute Gasteiger partial charge is 0.697 e. The Balaban J connectivity index is 1.74. The number of nitrogens with two attached hydrogens (primary N) is 1. The minimum atomic E-state index is -2.15. The van der Waals surface area contributed by atoms with E-state index in [1.807, 2.05) is 18.4 Å². The molecule has 0 spiro atoms. The Kier molecular flexibility index (Phi) is 6.77. The Hall–Kier alpha value is -1.87. The third-order valence-electron chi connectivity index (χ3n) is 4.37. The van der Waals surface area contributed by atoms with E-state index in [0.717, 1.165) is 19.4 Å². The number of nitrogen functional groups attached to an aromatic ring is 1. The Labute approximate surface area is 165 Å². The molecular formula is C17H28N6O4P+. The second kappa shape index (κ2) is 9.09. The first kappa shape index (κ1) is 20.9. The molecule has 1 saturated heterocycles. The smallest absolute Gasteiger partial charge is 0.368 e. The summed E-state index contributed by atoms with van der Waals surface area (Å²) in [6.45, 7) is 8.75. The van der Waals surface area contributed by atoms with Crippen molar-refractivity contribution >= 4 is 31.2 Å². The molecule has 1 fully saturated rings. The number of imidazole rings is 1. The van der Waals surface area contributed by atoms with Crippen molar-refractivity contribution in [1.82, 2.24) is 19.5 Å². The molecule has 0 aromatic carbocycles. The molecule has 11 heteroatoms. The topological polar surface area (TPSA) is 126 Å². The normalized spacial score (nSPS) is 22.9. The first-order chi connectivity index (χ1) is 13.4. The van der Waals surface area contributed by atoms with Crippen LogP contribution in [0.1, 0.15) is 46.8 Å². The van der Waals surface area contributed by atoms with E-state index in [2.05, 4.69) is 34.1 Å². The van der Waals surface area contributed by atoms with Crippen LogP contribution in [0.4, 0.5) is 11.8 Å². The summed E-state index contributed by atoms with van der Waals surface area (Å²) < 4.78 is 30.2. The molecule has 1 aliphatic rings. The number of nitrogens with one attached hydrogen (secondary N) is 1. The van der Waals surface area contributed by atoms with Crippen molar-refractivity contribution in [3.8, 4) is 0 Å². The van der Waals surface area contributed by atoms with Gasteiger partial charge in [0, 0.05) is 17.0 Å². The molecule has 4 atom stereocenters. The molecule has 154 valence electrons. The zero-order chi connectivity index (χ0) is 20.3. The highest BCUT2D eigenvalue weighted by molar-refractivity contribution is 7.33. The molecule has 3 N–H and O–H groups in total. The summed E-state index contributed by atoms with van der Waals surface area (Å²) >= 11 is 0. The number of ether oxygens (including phenoxy) is 1. The maximum atomic E-state index is 11.7. The predicted molar refractivity (Wildman–Crippen MR) is 106 cm³/mol. The molecule has 3 heterocycles. The zero-order valence-electron chi connectivity index (χ0n) is 16.7. The highest BCUT2D eigenvalue weighted by Crippen LogP contribution is 2.38. The summed E-state index contributed by atoms with van der Waals surface area (Å²) in [4.78, 5) is 13.1. The van der Waals surface area contributed by atoms with E-state index in [9.17, 15) is 4.57 Å². The monoisotopic (exact) mass is 411 g/mol. The molecule has 0 amide bonds. The third kappa shape index (κ3) is 4.75. The van der Waals surface area contributed by atoms with Crippen LogP contribution >= 0.6 is 8.25 Å². The lowest BCUT2D eigenvalue weighted by molar-refractivity contribution is -0.0266. The lowest BCUT2D eigenvalue weighted by Gasteiger charge is -2.17. The van der Waals surface area contributed by atoms with Gasteiger partial charge in [0.2, 0.25) is 5.95 Å². The van der Waals surface area contributed by atoms with Crippen molar-refractivity contribution in [3.63, 3.8) is 0 Å². The summed E-state index contributed by atoms with van der Waals surface area (Å²) in [5, 5.41) is 3.24. The van der Waals surface area contributed by atoms with Gasteiger partial charge in [-0.1, -0.05) is 13.8 Å². The molecule has 0 radical (unpaired) electrons. The maximum Gasteiger partial charge on any atom is 0.697 e. The highest BCUT2D eigenvalue weighted by atomic mass is 31.1. The van der Waals surface area contributed by atoms with Gasteiger partial charge in [-0.15, -0.1) is 9.05 Å². The fourth-order valence-electron chi connectivity index (χ4n) is 3.20. The van der Waals surface area contributed by atoms with Gasteiger partial charge in [0.1, 0.15) is 18.9 Å². The van der Waals surface area contributed by atoms with Crippen LogP contribution in [0.2, 0.25) is 0 Å². The van der Waals surface area contributed by atoms with Crippen molar-refractivity contribution in [2.45, 2.75) is 59.0 Å². The van der Waals surface area contributed by atoms with Gasteiger partial charge in [0.15, 0.2) is 17.0 Å². The molecule has 3 rings (SSSR count). The number of hydrogen-bond acceptors (Lipinski definition) is 9. The maximum absolute atomic E-state index is 11.7. The number of rotatable bonds is 9. The minimum Gasteiger partial charge on any atom is -0.368 e. The van der Waals surface area contributed by atoms with Crippen LogP contribution in [0.3, 0.4) is 0 Å². The van der Waals surface area contributed by atoms with Gasteiger partial charge in [-0.05, 0) is 26.7 Å². The summed E-state index contributed by atoms with van der Waals surface area (Å²) in [5.41, 5.74) is 7.18. The van der Waals surface area contributed by atoms with Crippen molar-refractivity contribution in [3.05, 3.63) is 6.33 Å². The van der Waals surface area contributed by atoms with Gasteiger partial charge in [0.05, 0.1) is 12.4 Å². The molecule has 2 aromatic rings. The van der Waals surface area contributed by atoms with Crippen molar-refractivity contribution in [1.29, 1.82) is 0 Å². The highest BCUT2D eigenvalue weighted by Gasteiger charge is 2.37. The van der Waals surface area contributed by atoms with Gasteiger partial charge in [-0.3, -0.25) is 4.57 Å². The first-order valence-electron chi connectivity index (χ1n) is 9.55. The number of fused-ring (bicyclic) bond motifs is 1. The Morgan fingerprint density at radius 1 is 1.46 bits per heavy atom. The fourth-order valence-corrected chi connectivity index (χ4v) is 3.89. The van der Waals surface area contributed by atoms with Crippen LogP contribution in [0.25, 0.3) is 11.2 Å². The SMILES string of the molecule is CCCNc1nc(N)nc2c1ncn2C1OC(CO[P+](=O)OC(C)C)CC1C. The van der Waals surface area contributed by atoms with Crippen LogP contribution < -0.4 is 11.1 Å². The summed E-state index contributed by atoms with van der Waals surface area (Å²) in [7, 11) is -2.15. The van der Waals surface area contributed by atoms with Gasteiger partial charge < -0.3 is 15.8 Å². The van der Waals surface area contributed by atoms with E-state index in [0.29, 0.717) is 17.0 Å². The average molecular weight is 411 g/mol. The standard InChI is InChI=1S/C17H28N6O4P/c1-5-6-19-14-13-15(22-17(18)21-14)23(9-20-13)16-11(4)7-12(26-16)8-25-28(24)27-10(2)3/h9-12,16H,5-8H2,1-4H3,(H3,18,19,21,22)/q+1. The number of hydrogen-bond donors (Lipinski definition) is 2. The lowest BCUT2D eigenvalue weighted by Crippen LogP contribution is -2.16. The third-order valence-corrected chi connectivity index (χ3v) is 5.33. The van der Waals surface area contributed by atoms with Crippen molar-refractivity contribution < 1.29 is 18.3 Å². The number of aromatic nitrogens is 4. The van der Waals surface area contributed by atoms with E-state index in [1.54, 1.807) is 6.33 Å². The molecule has 4 unspecified atom stereocenters. The summed E-state index contributed by atoms with van der Waals surface area (Å²) in [6, 6.07) is 0. The Morgan fingerprint density at radius 3 is 2.96 bits per heavy atom. The molecule has 1 aliphatic heterocycles. The van der Waals surface area contributed by atoms with E-state index in [-0.39, 0.29) is 36.9 Å². The molecule has 0 bridgehead atoms. The molecule has 0 saturated carbocycles. The molecule has 28 heavy (non-hydrogen) atoms. The van der Waals surface area contributed by atoms with Gasteiger partial charge >= 0.3 is 8.25 Å². The average Bonchev–Trinajstić information content (AvgIpc) is 3.20. The number of nitrogens with zero attached hydrogens (tertiary/aromatic N) is 4. The van der Waals surface area contributed by atoms with Crippen LogP contribution in [0.5, 0.6) is 0 Å². The molecule has 2 aromatic heterocycles. The fraction of sp³-hybridized carbons (Fsp3) is 0.706. The van der Waals surface area contributed by atoms with Gasteiger partial charge in [-0.2, -0.15) is 9.97 Å². The van der Waals surface area contributed by atoms with Crippen molar-refractivity contribution in [2.75, 3.05) is 24.2 Å². The Morgan fingerprint density at radius 2 is 2.25 bits per heavy atom. The zero-order valence-corrected chi connectivity index (χ0v) is 17.6. The summed E-state index contributed by atoms with van der Waals surface area (Å²) in [5.74, 6) is 0.996. The first-order valence-corrected chi connectivity index (χ1v) is 10.6. The molecule has 10 nitrogen and oxygen atoms in total. The van der Waals surface area contributed by atoms with Gasteiger partial charge in [0.25, 0.3) is 0 Å². The van der Waals surface area contributed by atoms with E-state index >= 15 is 0 Å². The minimum absolute atomic E-state index is 0.155. The molecular weight excluding hydrogens is 383 g/mol. The molecule has 0 aliphatic carbocycles. The van der Waals surface area contributed by atoms with Gasteiger partial charge in [-0.25, -0.2) is 4.98 Å². The lowest BCUT2D eigenvalue weighted by atomic mass is 10.1. The predicted octanol–water partition coefficient (Wildman–Crippen LogP) is 3.25. The summed E-state index contributed by atoms with van der Waals surface area (Å²) in [6.07, 6.45) is 2.80. The Bertz CT molecular complexity index is 829. The second-order valence-electron chi connectivity index (χ2n) is 7.22. The van der Waals surface area contributed by atoms with Crippen LogP contribution in [-0.4, -0.2) is 44.9 Å². The van der Waals surface area contributed by atoms with Crippen LogP contribution in [-0.2, 0) is 18.3 Å². The second-order valence-corrected chi connectivity index (χ2v) is 8.13. The van der Waals surface area contributed by atoms with E-state index < -0.39 is 8.25 Å². The van der Waals surface area contributed by atoms with Crippen LogP contribution in [0.15, 0.2) is 6.33 Å². The number of anilines is 2. The quantitative estimate of drug-likeness (QED) is 0.598.